The number of alkyl halides is 1. The first kappa shape index (κ1) is 13.3. The van der Waals surface area contributed by atoms with Gasteiger partial charge in [-0.05, 0) is 17.7 Å². The van der Waals surface area contributed by atoms with Crippen LogP contribution in [-0.2, 0) is 15.7 Å². The fourth-order valence-electron chi connectivity index (χ4n) is 1.27. The van der Waals surface area contributed by atoms with Gasteiger partial charge in [0.25, 0.3) is 0 Å². The first-order valence-electron chi connectivity index (χ1n) is 4.96. The summed E-state index contributed by atoms with van der Waals surface area (Å²) in [5.41, 5.74) is 2.06. The van der Waals surface area contributed by atoms with Crippen LogP contribution < -0.4 is 4.90 Å². The molecule has 0 aliphatic carbocycles. The van der Waals surface area contributed by atoms with Crippen LogP contribution in [0, 0.1) is 0 Å². The molecule has 0 aliphatic heterocycles. The molecule has 0 aromatic heterocycles. The smallest absolute Gasteiger partial charge is 0.149 e. The zero-order valence-corrected chi connectivity index (χ0v) is 11.1. The Labute approximate surface area is 102 Å². The van der Waals surface area contributed by atoms with E-state index in [1.54, 1.807) is 0 Å². The molecule has 0 radical (unpaired) electrons. The van der Waals surface area contributed by atoms with Crippen molar-refractivity contribution < 1.29 is 8.42 Å². The predicted octanol–water partition coefficient (Wildman–Crippen LogP) is 1.91. The zero-order chi connectivity index (χ0) is 12.2. The highest BCUT2D eigenvalue weighted by Gasteiger charge is 2.06. The minimum atomic E-state index is -2.90. The van der Waals surface area contributed by atoms with Crippen LogP contribution in [-0.4, -0.2) is 34.0 Å². The van der Waals surface area contributed by atoms with Crippen LogP contribution in [0.25, 0.3) is 0 Å². The lowest BCUT2D eigenvalue weighted by atomic mass is 10.2. The minimum Gasteiger partial charge on any atom is -0.374 e. The summed E-state index contributed by atoms with van der Waals surface area (Å²) >= 11 is 5.69. The lowest BCUT2D eigenvalue weighted by Gasteiger charge is -2.18. The zero-order valence-electron chi connectivity index (χ0n) is 9.48. The van der Waals surface area contributed by atoms with Crippen LogP contribution >= 0.6 is 11.6 Å². The summed E-state index contributed by atoms with van der Waals surface area (Å²) in [5, 5.41) is 0. The molecule has 16 heavy (non-hydrogen) atoms. The first-order valence-corrected chi connectivity index (χ1v) is 7.55. The summed E-state index contributed by atoms with van der Waals surface area (Å²) in [6.45, 7) is 0.499. The Morgan fingerprint density at radius 2 is 1.81 bits per heavy atom. The number of sulfone groups is 1. The van der Waals surface area contributed by atoms with Crippen molar-refractivity contribution in [2.45, 2.75) is 5.88 Å². The van der Waals surface area contributed by atoms with Gasteiger partial charge in [-0.25, -0.2) is 8.42 Å². The van der Waals surface area contributed by atoms with E-state index in [0.29, 0.717) is 12.4 Å². The lowest BCUT2D eigenvalue weighted by Crippen LogP contribution is -2.24. The average molecular weight is 262 g/mol. The second kappa shape index (κ2) is 5.55. The van der Waals surface area contributed by atoms with E-state index in [2.05, 4.69) is 0 Å². The van der Waals surface area contributed by atoms with Crippen molar-refractivity contribution in [3.05, 3.63) is 29.8 Å². The Bertz CT molecular complexity index is 428. The van der Waals surface area contributed by atoms with Gasteiger partial charge in [0.05, 0.1) is 5.75 Å². The Kier molecular flexibility index (Phi) is 4.62. The topological polar surface area (TPSA) is 37.4 Å². The third-order valence-corrected chi connectivity index (χ3v) is 3.56. The predicted molar refractivity (Wildman–Crippen MR) is 69.0 cm³/mol. The monoisotopic (exact) mass is 261 g/mol. The number of hydrogen-bond donors (Lipinski definition) is 0. The van der Waals surface area contributed by atoms with Crippen molar-refractivity contribution in [3.63, 3.8) is 0 Å². The Hall–Kier alpha value is -0.740. The van der Waals surface area contributed by atoms with E-state index in [0.717, 1.165) is 11.3 Å². The number of benzene rings is 1. The second-order valence-corrected chi connectivity index (χ2v) is 6.38. The molecule has 0 saturated heterocycles. The molecule has 1 rings (SSSR count). The fraction of sp³-hybridized carbons (Fsp3) is 0.455. The summed E-state index contributed by atoms with van der Waals surface area (Å²) in [7, 11) is -1.03. The van der Waals surface area contributed by atoms with Gasteiger partial charge in [0.15, 0.2) is 0 Å². The molecule has 1 aromatic carbocycles. The van der Waals surface area contributed by atoms with Crippen molar-refractivity contribution >= 4 is 27.1 Å². The number of rotatable bonds is 5. The Morgan fingerprint density at radius 1 is 1.25 bits per heavy atom. The van der Waals surface area contributed by atoms with Gasteiger partial charge in [0.2, 0.25) is 0 Å². The van der Waals surface area contributed by atoms with E-state index in [-0.39, 0.29) is 5.75 Å². The van der Waals surface area contributed by atoms with Gasteiger partial charge in [0, 0.05) is 31.4 Å². The third kappa shape index (κ3) is 4.41. The van der Waals surface area contributed by atoms with E-state index in [9.17, 15) is 8.42 Å². The van der Waals surface area contributed by atoms with E-state index in [1.807, 2.05) is 36.2 Å². The highest BCUT2D eigenvalue weighted by molar-refractivity contribution is 7.90. The van der Waals surface area contributed by atoms with Gasteiger partial charge in [-0.2, -0.15) is 0 Å². The fourth-order valence-corrected chi connectivity index (χ4v) is 2.06. The van der Waals surface area contributed by atoms with Crippen molar-refractivity contribution in [2.75, 3.05) is 30.5 Å². The SMILES string of the molecule is CN(CCS(C)(=O)=O)c1ccc(CCl)cc1. The van der Waals surface area contributed by atoms with Gasteiger partial charge >= 0.3 is 0 Å². The lowest BCUT2D eigenvalue weighted by molar-refractivity contribution is 0.601. The molecule has 1 aromatic rings. The summed E-state index contributed by atoms with van der Waals surface area (Å²) in [5.74, 6) is 0.661. The Balaban J connectivity index is 2.62. The number of halogens is 1. The van der Waals surface area contributed by atoms with Crippen molar-refractivity contribution in [1.29, 1.82) is 0 Å². The molecular formula is C11H16ClNO2S. The molecular weight excluding hydrogens is 246 g/mol. The van der Waals surface area contributed by atoms with Gasteiger partial charge in [-0.3, -0.25) is 0 Å². The van der Waals surface area contributed by atoms with Crippen LogP contribution in [0.15, 0.2) is 24.3 Å². The summed E-state index contributed by atoms with van der Waals surface area (Å²) in [6, 6.07) is 7.78. The average Bonchev–Trinajstić information content (AvgIpc) is 2.25. The van der Waals surface area contributed by atoms with Crippen LogP contribution in [0.1, 0.15) is 5.56 Å². The molecule has 0 atom stereocenters. The summed E-state index contributed by atoms with van der Waals surface area (Å²) in [6.07, 6.45) is 1.25. The van der Waals surface area contributed by atoms with Crippen molar-refractivity contribution in [3.8, 4) is 0 Å². The maximum absolute atomic E-state index is 11.0. The molecule has 0 aliphatic rings. The van der Waals surface area contributed by atoms with E-state index in [1.165, 1.54) is 6.26 Å². The molecule has 0 N–H and O–H groups in total. The molecule has 0 fully saturated rings. The number of hydrogen-bond acceptors (Lipinski definition) is 3. The van der Waals surface area contributed by atoms with Crippen LogP contribution in [0.2, 0.25) is 0 Å². The summed E-state index contributed by atoms with van der Waals surface area (Å²) in [4.78, 5) is 1.92. The van der Waals surface area contributed by atoms with E-state index in [4.69, 9.17) is 11.6 Å². The van der Waals surface area contributed by atoms with Gasteiger partial charge in [0.1, 0.15) is 9.84 Å². The molecule has 0 bridgehead atoms. The van der Waals surface area contributed by atoms with Crippen molar-refractivity contribution in [2.24, 2.45) is 0 Å². The van der Waals surface area contributed by atoms with Gasteiger partial charge in [-0.15, -0.1) is 11.6 Å². The standard InChI is InChI=1S/C11H16ClNO2S/c1-13(7-8-16(2,14)15)11-5-3-10(9-12)4-6-11/h3-6H,7-9H2,1-2H3. The largest absolute Gasteiger partial charge is 0.374 e. The highest BCUT2D eigenvalue weighted by atomic mass is 35.5. The van der Waals surface area contributed by atoms with Crippen LogP contribution in [0.5, 0.6) is 0 Å². The minimum absolute atomic E-state index is 0.167. The maximum atomic E-state index is 11.0. The molecule has 0 saturated carbocycles. The quantitative estimate of drug-likeness (QED) is 0.760. The van der Waals surface area contributed by atoms with E-state index >= 15 is 0 Å². The number of anilines is 1. The molecule has 0 spiro atoms. The van der Waals surface area contributed by atoms with E-state index < -0.39 is 9.84 Å². The molecule has 5 heteroatoms. The Morgan fingerprint density at radius 3 is 2.25 bits per heavy atom. The normalized spacial score (nSPS) is 11.4. The molecule has 0 heterocycles. The molecule has 0 amide bonds. The van der Waals surface area contributed by atoms with Gasteiger partial charge < -0.3 is 4.90 Å². The molecule has 3 nitrogen and oxygen atoms in total. The highest BCUT2D eigenvalue weighted by Crippen LogP contribution is 2.14. The second-order valence-electron chi connectivity index (χ2n) is 3.85. The first-order chi connectivity index (χ1) is 7.42. The third-order valence-electron chi connectivity index (χ3n) is 2.33. The van der Waals surface area contributed by atoms with Crippen LogP contribution in [0.3, 0.4) is 0 Å². The van der Waals surface area contributed by atoms with Crippen LogP contribution in [0.4, 0.5) is 5.69 Å². The van der Waals surface area contributed by atoms with Gasteiger partial charge in [-0.1, -0.05) is 12.1 Å². The van der Waals surface area contributed by atoms with Crippen molar-refractivity contribution in [1.82, 2.24) is 0 Å². The number of nitrogens with zero attached hydrogens (tertiary/aromatic N) is 1. The maximum Gasteiger partial charge on any atom is 0.149 e. The molecule has 90 valence electrons. The summed E-state index contributed by atoms with van der Waals surface area (Å²) < 4.78 is 22.0. The molecule has 0 unspecified atom stereocenters.